The predicted molar refractivity (Wildman–Crippen MR) is 108 cm³/mol. The van der Waals surface area contributed by atoms with Crippen LogP contribution in [0.3, 0.4) is 0 Å². The average molecular weight is 432 g/mol. The van der Waals surface area contributed by atoms with Gasteiger partial charge in [0.15, 0.2) is 0 Å². The van der Waals surface area contributed by atoms with Crippen molar-refractivity contribution in [3.05, 3.63) is 47.5 Å². The molecule has 0 N–H and O–H groups in total. The van der Waals surface area contributed by atoms with Gasteiger partial charge in [0.1, 0.15) is 0 Å². The van der Waals surface area contributed by atoms with Crippen molar-refractivity contribution >= 4 is 53.8 Å². The molecular formula is C19H26As2N2. The zero-order valence-corrected chi connectivity index (χ0v) is 18.9. The number of aryl methyl sites for hydroxylation is 2. The van der Waals surface area contributed by atoms with Gasteiger partial charge >= 0.3 is 158 Å². The third kappa shape index (κ3) is 3.98. The van der Waals surface area contributed by atoms with E-state index in [9.17, 15) is 0 Å². The molecule has 2 atom stereocenters. The first-order valence-electron chi connectivity index (χ1n) is 8.27. The summed E-state index contributed by atoms with van der Waals surface area (Å²) in [4.78, 5) is 5.09. The van der Waals surface area contributed by atoms with E-state index in [0.717, 1.165) is 26.2 Å². The summed E-state index contributed by atoms with van der Waals surface area (Å²) in [5.74, 6) is 0. The van der Waals surface area contributed by atoms with Crippen molar-refractivity contribution in [1.29, 1.82) is 0 Å². The van der Waals surface area contributed by atoms with Crippen LogP contribution in [-0.4, -0.2) is 59.9 Å². The summed E-state index contributed by atoms with van der Waals surface area (Å²) < 4.78 is 2.88. The molecule has 1 aliphatic rings. The van der Waals surface area contributed by atoms with Crippen molar-refractivity contribution in [2.45, 2.75) is 20.3 Å². The summed E-state index contributed by atoms with van der Waals surface area (Å²) in [6.07, 6.45) is 1.22. The second kappa shape index (κ2) is 7.37. The number of rotatable bonds is 2. The molecule has 1 fully saturated rings. The van der Waals surface area contributed by atoms with Crippen LogP contribution in [0.2, 0.25) is 0 Å². The van der Waals surface area contributed by atoms with Crippen LogP contribution >= 0.6 is 0 Å². The topological polar surface area (TPSA) is 6.48 Å². The average Bonchev–Trinajstić information content (AvgIpc) is 2.79. The zero-order valence-electron chi connectivity index (χ0n) is 14.0. The Balaban J connectivity index is 1.73. The van der Waals surface area contributed by atoms with Gasteiger partial charge in [0.25, 0.3) is 0 Å². The van der Waals surface area contributed by atoms with Gasteiger partial charge in [-0.3, -0.25) is 0 Å². The van der Waals surface area contributed by atoms with Crippen LogP contribution in [0.1, 0.15) is 17.5 Å². The van der Waals surface area contributed by atoms with Crippen LogP contribution < -0.4 is 18.5 Å². The Morgan fingerprint density at radius 3 is 1.52 bits per heavy atom. The molecule has 0 aliphatic carbocycles. The second-order valence-electron chi connectivity index (χ2n) is 6.41. The molecule has 3 rings (SSSR count). The van der Waals surface area contributed by atoms with Gasteiger partial charge < -0.3 is 0 Å². The minimum atomic E-state index is 1.10. The number of hydrogen-bond donors (Lipinski definition) is 0. The molecule has 0 radical (unpaired) electrons. The van der Waals surface area contributed by atoms with E-state index >= 15 is 0 Å². The maximum atomic E-state index is 2.55. The van der Waals surface area contributed by atoms with E-state index < -0.39 is 0 Å². The van der Waals surface area contributed by atoms with E-state index in [4.69, 9.17) is 0 Å². The molecule has 1 aliphatic heterocycles. The molecule has 23 heavy (non-hydrogen) atoms. The summed E-state index contributed by atoms with van der Waals surface area (Å²) in [7, 11) is 0. The molecule has 4 heteroatoms. The van der Waals surface area contributed by atoms with Gasteiger partial charge in [-0.15, -0.1) is 0 Å². The molecule has 1 heterocycles. The van der Waals surface area contributed by atoms with Crippen LogP contribution in [-0.2, 0) is 0 Å². The van der Waals surface area contributed by atoms with Gasteiger partial charge in [-0.25, -0.2) is 0 Å². The van der Waals surface area contributed by atoms with Gasteiger partial charge in [0.2, 0.25) is 0 Å². The van der Waals surface area contributed by atoms with E-state index in [-0.39, 0.29) is 0 Å². The van der Waals surface area contributed by atoms with E-state index in [1.807, 2.05) is 0 Å². The standard InChI is InChI=1S/C19H26As2N2/c1-14-12-16(4-6-18(14)20)22-8-3-9-23(11-10-22)17-5-7-19(21)15(2)13-17/h4-7,12-13H,3,8-11,20-21H2,1-2H3. The molecule has 0 aromatic heterocycles. The monoisotopic (exact) mass is 432 g/mol. The molecule has 1 saturated heterocycles. The predicted octanol–water partition coefficient (Wildman–Crippen LogP) is 0.537. The van der Waals surface area contributed by atoms with E-state index in [1.54, 1.807) is 33.7 Å². The Morgan fingerprint density at radius 1 is 0.696 bits per heavy atom. The van der Waals surface area contributed by atoms with Crippen LogP contribution in [0.25, 0.3) is 0 Å². The van der Waals surface area contributed by atoms with Crippen LogP contribution in [0.5, 0.6) is 0 Å². The number of benzene rings is 2. The fraction of sp³-hybridized carbons (Fsp3) is 0.368. The molecular weight excluding hydrogens is 406 g/mol. The Labute approximate surface area is 157 Å². The van der Waals surface area contributed by atoms with Gasteiger partial charge in [0, 0.05) is 0 Å². The Hall–Kier alpha value is -0.843. The molecule has 122 valence electrons. The molecule has 2 aromatic carbocycles. The number of nitrogens with zero attached hydrogens (tertiary/aromatic N) is 2. The first kappa shape index (κ1) is 17.0. The summed E-state index contributed by atoms with van der Waals surface area (Å²) in [5, 5.41) is 0. The zero-order chi connectivity index (χ0) is 16.4. The molecule has 2 aromatic rings. The van der Waals surface area contributed by atoms with Gasteiger partial charge in [0.05, 0.1) is 0 Å². The van der Waals surface area contributed by atoms with Gasteiger partial charge in [-0.05, 0) is 0 Å². The number of anilines is 2. The maximum absolute atomic E-state index is 2.55. The third-order valence-electron chi connectivity index (χ3n) is 4.73. The Morgan fingerprint density at radius 2 is 1.13 bits per heavy atom. The first-order chi connectivity index (χ1) is 11.0. The van der Waals surface area contributed by atoms with Crippen molar-refractivity contribution in [3.63, 3.8) is 0 Å². The summed E-state index contributed by atoms with van der Waals surface area (Å²) in [5.41, 5.74) is 5.60. The van der Waals surface area contributed by atoms with Gasteiger partial charge in [-0.1, -0.05) is 0 Å². The molecule has 0 spiro atoms. The first-order valence-corrected chi connectivity index (χ1v) is 10.7. The van der Waals surface area contributed by atoms with Crippen molar-refractivity contribution in [3.8, 4) is 0 Å². The quantitative estimate of drug-likeness (QED) is 0.640. The van der Waals surface area contributed by atoms with Crippen molar-refractivity contribution in [2.24, 2.45) is 0 Å². The normalized spacial score (nSPS) is 15.7. The van der Waals surface area contributed by atoms with Crippen molar-refractivity contribution in [1.82, 2.24) is 0 Å². The molecule has 2 nitrogen and oxygen atoms in total. The third-order valence-corrected chi connectivity index (χ3v) is 7.45. The number of hydrogen-bond acceptors (Lipinski definition) is 2. The fourth-order valence-corrected chi connectivity index (χ4v) is 3.90. The van der Waals surface area contributed by atoms with E-state index in [2.05, 4.69) is 60.0 Å². The SMILES string of the molecule is Cc1cc(N2CCCN(c3ccc([AsH2])c(C)c3)CC2)ccc1[AsH2]. The molecule has 2 unspecified atom stereocenters. The summed E-state index contributed by atoms with van der Waals surface area (Å²) >= 11 is 3.43. The van der Waals surface area contributed by atoms with Crippen LogP contribution in [0, 0.1) is 13.8 Å². The van der Waals surface area contributed by atoms with Crippen LogP contribution in [0.15, 0.2) is 36.4 Å². The Kier molecular flexibility index (Phi) is 5.44. The van der Waals surface area contributed by atoms with E-state index in [1.165, 1.54) is 37.6 Å². The van der Waals surface area contributed by atoms with Crippen molar-refractivity contribution in [2.75, 3.05) is 36.0 Å². The summed E-state index contributed by atoms with van der Waals surface area (Å²) in [6, 6.07) is 13.8. The molecule has 0 saturated carbocycles. The van der Waals surface area contributed by atoms with Crippen molar-refractivity contribution < 1.29 is 0 Å². The van der Waals surface area contributed by atoms with Crippen LogP contribution in [0.4, 0.5) is 11.4 Å². The minimum absolute atomic E-state index is 1.10. The van der Waals surface area contributed by atoms with E-state index in [0.29, 0.717) is 0 Å². The second-order valence-corrected chi connectivity index (χ2v) is 9.02. The summed E-state index contributed by atoms with van der Waals surface area (Å²) in [6.45, 7) is 8.95. The van der Waals surface area contributed by atoms with Gasteiger partial charge in [-0.2, -0.15) is 0 Å². The Bertz CT molecular complexity index is 640. The fourth-order valence-electron chi connectivity index (χ4n) is 3.15. The molecule has 0 amide bonds. The molecule has 0 bridgehead atoms.